The molecule has 2 N–H and O–H groups in total. The van der Waals surface area contributed by atoms with Gasteiger partial charge in [0.15, 0.2) is 17.0 Å². The number of fused-ring (bicyclic) bond motifs is 1. The summed E-state index contributed by atoms with van der Waals surface area (Å²) in [5.74, 6) is 0.321. The molecule has 7 nitrogen and oxygen atoms in total. The third kappa shape index (κ3) is 3.15. The van der Waals surface area contributed by atoms with E-state index in [1.54, 1.807) is 33.5 Å². The molecule has 0 fully saturated rings. The first-order chi connectivity index (χ1) is 12.6. The predicted octanol–water partition coefficient (Wildman–Crippen LogP) is 2.81. The molecule has 1 aromatic carbocycles. The first-order valence-corrected chi connectivity index (χ1v) is 8.04. The quantitative estimate of drug-likeness (QED) is 0.584. The largest absolute Gasteiger partial charge is 0.382 e. The second kappa shape index (κ2) is 7.16. The monoisotopic (exact) mass is 386 g/mol. The van der Waals surface area contributed by atoms with E-state index >= 15 is 0 Å². The average molecular weight is 387 g/mol. The summed E-state index contributed by atoms with van der Waals surface area (Å²) < 4.78 is 17.1. The molecule has 3 aromatic heterocycles. The molecule has 0 spiro atoms. The third-order valence-electron chi connectivity index (χ3n) is 4.12. The fraction of sp³-hybridized carbons (Fsp3) is 0.111. The molecule has 138 valence electrons. The van der Waals surface area contributed by atoms with Gasteiger partial charge < -0.3 is 10.3 Å². The van der Waals surface area contributed by atoms with Crippen LogP contribution in [0.15, 0.2) is 53.7 Å². The van der Waals surface area contributed by atoms with Gasteiger partial charge in [-0.3, -0.25) is 9.36 Å². The van der Waals surface area contributed by atoms with Gasteiger partial charge in [0.25, 0.3) is 5.56 Å². The molecule has 0 bridgehead atoms. The Balaban J connectivity index is 0.00000210. The first kappa shape index (κ1) is 18.5. The van der Waals surface area contributed by atoms with Crippen molar-refractivity contribution in [2.75, 3.05) is 5.73 Å². The number of aromatic nitrogens is 5. The SMILES string of the molecule is CCn1cc(-n2c(-c3cccc(F)c3)nc3c(N)ncnc32)ccc1=O.Cl. The van der Waals surface area contributed by atoms with Crippen molar-refractivity contribution in [2.24, 2.45) is 0 Å². The Morgan fingerprint density at radius 3 is 2.74 bits per heavy atom. The molecule has 0 aliphatic rings. The smallest absolute Gasteiger partial charge is 0.250 e. The van der Waals surface area contributed by atoms with Crippen LogP contribution in [0.1, 0.15) is 6.92 Å². The van der Waals surface area contributed by atoms with E-state index in [1.807, 2.05) is 6.92 Å². The van der Waals surface area contributed by atoms with E-state index in [0.29, 0.717) is 34.8 Å². The summed E-state index contributed by atoms with van der Waals surface area (Å²) in [5, 5.41) is 0. The number of hydrogen-bond donors (Lipinski definition) is 1. The van der Waals surface area contributed by atoms with Crippen molar-refractivity contribution >= 4 is 29.4 Å². The van der Waals surface area contributed by atoms with Gasteiger partial charge >= 0.3 is 0 Å². The van der Waals surface area contributed by atoms with Crippen LogP contribution < -0.4 is 11.3 Å². The number of nitrogen functional groups attached to an aromatic ring is 1. The highest BCUT2D eigenvalue weighted by Gasteiger charge is 2.18. The molecule has 0 aliphatic heterocycles. The van der Waals surface area contributed by atoms with Crippen LogP contribution in [0.3, 0.4) is 0 Å². The van der Waals surface area contributed by atoms with E-state index in [0.717, 1.165) is 0 Å². The van der Waals surface area contributed by atoms with E-state index < -0.39 is 0 Å². The van der Waals surface area contributed by atoms with Crippen molar-refractivity contribution in [1.29, 1.82) is 0 Å². The molecular formula is C18H16ClFN6O. The van der Waals surface area contributed by atoms with E-state index in [2.05, 4.69) is 15.0 Å². The molecule has 0 saturated heterocycles. The predicted molar refractivity (Wildman–Crippen MR) is 104 cm³/mol. The van der Waals surface area contributed by atoms with Crippen LogP contribution >= 0.6 is 12.4 Å². The zero-order valence-corrected chi connectivity index (χ0v) is 15.2. The van der Waals surface area contributed by atoms with E-state index in [4.69, 9.17) is 5.73 Å². The van der Waals surface area contributed by atoms with Gasteiger partial charge in [0.05, 0.1) is 5.69 Å². The summed E-state index contributed by atoms with van der Waals surface area (Å²) in [6.07, 6.45) is 3.06. The summed E-state index contributed by atoms with van der Waals surface area (Å²) >= 11 is 0. The van der Waals surface area contributed by atoms with E-state index in [1.165, 1.54) is 24.5 Å². The van der Waals surface area contributed by atoms with Crippen LogP contribution in [0.5, 0.6) is 0 Å². The Morgan fingerprint density at radius 2 is 2.00 bits per heavy atom. The van der Waals surface area contributed by atoms with Crippen molar-refractivity contribution in [3.8, 4) is 17.1 Å². The summed E-state index contributed by atoms with van der Waals surface area (Å²) in [5.41, 5.74) is 7.98. The summed E-state index contributed by atoms with van der Waals surface area (Å²) in [6.45, 7) is 2.40. The maximum atomic E-state index is 13.8. The highest BCUT2D eigenvalue weighted by Crippen LogP contribution is 2.29. The Labute approximate surface area is 159 Å². The van der Waals surface area contributed by atoms with Gasteiger partial charge in [0, 0.05) is 24.4 Å². The molecule has 0 radical (unpaired) electrons. The third-order valence-corrected chi connectivity index (χ3v) is 4.12. The zero-order valence-electron chi connectivity index (χ0n) is 14.3. The lowest BCUT2D eigenvalue weighted by Gasteiger charge is -2.11. The minimum atomic E-state index is -0.376. The summed E-state index contributed by atoms with van der Waals surface area (Å²) in [6, 6.07) is 9.26. The lowest BCUT2D eigenvalue weighted by atomic mass is 10.2. The normalized spacial score (nSPS) is 10.7. The topological polar surface area (TPSA) is 91.6 Å². The fourth-order valence-electron chi connectivity index (χ4n) is 2.87. The Hall–Kier alpha value is -3.26. The molecule has 0 amide bonds. The molecule has 3 heterocycles. The van der Waals surface area contributed by atoms with Gasteiger partial charge in [-0.15, -0.1) is 12.4 Å². The van der Waals surface area contributed by atoms with Crippen molar-refractivity contribution in [2.45, 2.75) is 13.5 Å². The number of benzene rings is 1. The van der Waals surface area contributed by atoms with Crippen LogP contribution in [0.25, 0.3) is 28.2 Å². The van der Waals surface area contributed by atoms with Gasteiger partial charge in [0.1, 0.15) is 18.0 Å². The Morgan fingerprint density at radius 1 is 1.19 bits per heavy atom. The number of hydrogen-bond acceptors (Lipinski definition) is 5. The molecule has 0 atom stereocenters. The van der Waals surface area contributed by atoms with Crippen molar-refractivity contribution < 1.29 is 4.39 Å². The lowest BCUT2D eigenvalue weighted by Crippen LogP contribution is -2.18. The maximum Gasteiger partial charge on any atom is 0.250 e. The highest BCUT2D eigenvalue weighted by atomic mass is 35.5. The number of nitrogens with two attached hydrogens (primary N) is 1. The van der Waals surface area contributed by atoms with Crippen molar-refractivity contribution in [3.05, 3.63) is 65.1 Å². The average Bonchev–Trinajstić information content (AvgIpc) is 3.03. The summed E-state index contributed by atoms with van der Waals surface area (Å²) in [7, 11) is 0. The molecule has 0 aliphatic carbocycles. The number of anilines is 1. The maximum absolute atomic E-state index is 13.8. The minimum absolute atomic E-state index is 0. The van der Waals surface area contributed by atoms with Crippen LogP contribution in [-0.2, 0) is 6.54 Å². The lowest BCUT2D eigenvalue weighted by molar-refractivity contribution is 0.628. The molecule has 27 heavy (non-hydrogen) atoms. The zero-order chi connectivity index (χ0) is 18.3. The molecule has 0 saturated carbocycles. The van der Waals surface area contributed by atoms with E-state index in [-0.39, 0.29) is 29.6 Å². The molecular weight excluding hydrogens is 371 g/mol. The second-order valence-corrected chi connectivity index (χ2v) is 5.72. The van der Waals surface area contributed by atoms with Crippen LogP contribution in [0, 0.1) is 5.82 Å². The number of aryl methyl sites for hydroxylation is 1. The number of pyridine rings is 1. The summed E-state index contributed by atoms with van der Waals surface area (Å²) in [4.78, 5) is 24.7. The van der Waals surface area contributed by atoms with Crippen molar-refractivity contribution in [3.63, 3.8) is 0 Å². The van der Waals surface area contributed by atoms with Gasteiger partial charge in [-0.2, -0.15) is 0 Å². The van der Waals surface area contributed by atoms with Crippen molar-refractivity contribution in [1.82, 2.24) is 24.1 Å². The highest BCUT2D eigenvalue weighted by molar-refractivity contribution is 5.87. The van der Waals surface area contributed by atoms with Crippen LogP contribution in [0.4, 0.5) is 10.2 Å². The Bertz CT molecular complexity index is 1190. The van der Waals surface area contributed by atoms with Gasteiger partial charge in [-0.25, -0.2) is 19.3 Å². The van der Waals surface area contributed by atoms with Gasteiger partial charge in [-0.1, -0.05) is 12.1 Å². The van der Waals surface area contributed by atoms with Gasteiger partial charge in [0.2, 0.25) is 0 Å². The van der Waals surface area contributed by atoms with Crippen LogP contribution in [0.2, 0.25) is 0 Å². The van der Waals surface area contributed by atoms with E-state index in [9.17, 15) is 9.18 Å². The number of rotatable bonds is 3. The Kier molecular flexibility index (Phi) is 4.91. The number of halogens is 2. The first-order valence-electron chi connectivity index (χ1n) is 8.04. The van der Waals surface area contributed by atoms with Gasteiger partial charge in [-0.05, 0) is 25.1 Å². The number of nitrogens with zero attached hydrogens (tertiary/aromatic N) is 5. The standard InChI is InChI=1S/C18H15FN6O.ClH/c1-2-24-9-13(6-7-14(24)26)25-17(11-4-3-5-12(19)8-11)23-15-16(20)21-10-22-18(15)25;/h3-10H,2H2,1H3,(H2,20,21,22);1H. The molecule has 4 aromatic rings. The van der Waals surface area contributed by atoms with Crippen LogP contribution in [-0.4, -0.2) is 24.1 Å². The molecule has 0 unspecified atom stereocenters. The second-order valence-electron chi connectivity index (χ2n) is 5.72. The number of imidazole rings is 1. The minimum Gasteiger partial charge on any atom is -0.382 e. The molecule has 4 rings (SSSR count). The fourth-order valence-corrected chi connectivity index (χ4v) is 2.87. The molecule has 9 heteroatoms.